The van der Waals surface area contributed by atoms with Crippen molar-refractivity contribution in [2.24, 2.45) is 5.10 Å². The maximum atomic E-state index is 11.7. The van der Waals surface area contributed by atoms with Gasteiger partial charge in [-0.15, -0.1) is 0 Å². The minimum Gasteiger partial charge on any atom is -0.271 e. The molecule has 0 aromatic heterocycles. The van der Waals surface area contributed by atoms with Crippen LogP contribution in [-0.4, -0.2) is 16.4 Å². The minimum absolute atomic E-state index is 0.0336. The lowest BCUT2D eigenvalue weighted by molar-refractivity contribution is -0.116. The van der Waals surface area contributed by atoms with E-state index in [1.54, 1.807) is 0 Å². The van der Waals surface area contributed by atoms with Crippen LogP contribution in [0.3, 0.4) is 0 Å². The van der Waals surface area contributed by atoms with E-state index in [2.05, 4.69) is 21.0 Å². The second-order valence-corrected chi connectivity index (χ2v) is 4.01. The first kappa shape index (κ1) is 9.40. The Labute approximate surface area is 90.5 Å². The molecule has 4 heteroatoms. The summed E-state index contributed by atoms with van der Waals surface area (Å²) in [7, 11) is 0. The predicted molar refractivity (Wildman–Crippen MR) is 59.8 cm³/mol. The van der Waals surface area contributed by atoms with Gasteiger partial charge in [0.1, 0.15) is 4.83 Å². The van der Waals surface area contributed by atoms with Crippen LogP contribution in [0.1, 0.15) is 6.92 Å². The molecular weight excluding hydrogens is 244 g/mol. The van der Waals surface area contributed by atoms with E-state index in [0.29, 0.717) is 0 Å². The van der Waals surface area contributed by atoms with Crippen LogP contribution in [0.5, 0.6) is 0 Å². The summed E-state index contributed by atoms with van der Waals surface area (Å²) >= 11 is 3.28. The van der Waals surface area contributed by atoms with Crippen LogP contribution in [0.4, 0.5) is 5.69 Å². The van der Waals surface area contributed by atoms with E-state index in [1.165, 1.54) is 5.01 Å². The number of rotatable bonds is 1. The van der Waals surface area contributed by atoms with Crippen molar-refractivity contribution in [2.45, 2.75) is 11.8 Å². The number of alkyl halides is 1. The Hall–Kier alpha value is -1.16. The molecule has 0 saturated carbocycles. The Bertz CT molecular complexity index is 388. The molecule has 1 aliphatic heterocycles. The van der Waals surface area contributed by atoms with Gasteiger partial charge in [-0.3, -0.25) is 4.79 Å². The molecule has 0 N–H and O–H groups in total. The van der Waals surface area contributed by atoms with E-state index in [-0.39, 0.29) is 10.7 Å². The third kappa shape index (κ3) is 1.46. The summed E-state index contributed by atoms with van der Waals surface area (Å²) in [6, 6.07) is 9.40. The molecule has 1 aliphatic rings. The Morgan fingerprint density at radius 3 is 2.50 bits per heavy atom. The molecule has 14 heavy (non-hydrogen) atoms. The van der Waals surface area contributed by atoms with Gasteiger partial charge in [0.25, 0.3) is 5.91 Å². The summed E-state index contributed by atoms with van der Waals surface area (Å²) < 4.78 is 0. The number of carbonyl (C=O) groups is 1. The van der Waals surface area contributed by atoms with Crippen LogP contribution in [0.15, 0.2) is 35.4 Å². The van der Waals surface area contributed by atoms with Crippen molar-refractivity contribution >= 4 is 33.2 Å². The highest BCUT2D eigenvalue weighted by Gasteiger charge is 2.31. The van der Waals surface area contributed by atoms with Crippen molar-refractivity contribution in [3.8, 4) is 0 Å². The zero-order valence-corrected chi connectivity index (χ0v) is 9.23. The average Bonchev–Trinajstić information content (AvgIpc) is 2.47. The van der Waals surface area contributed by atoms with Crippen LogP contribution in [0, 0.1) is 0 Å². The number of hydrogen-bond donors (Lipinski definition) is 0. The highest BCUT2D eigenvalue weighted by Crippen LogP contribution is 2.23. The van der Waals surface area contributed by atoms with Gasteiger partial charge >= 0.3 is 0 Å². The Morgan fingerprint density at radius 1 is 1.36 bits per heavy atom. The smallest absolute Gasteiger partial charge is 0.266 e. The molecule has 0 aliphatic carbocycles. The maximum Gasteiger partial charge on any atom is 0.266 e. The summed E-state index contributed by atoms with van der Waals surface area (Å²) in [5.74, 6) is -0.0336. The summed E-state index contributed by atoms with van der Waals surface area (Å²) in [5.41, 5.74) is 1.60. The Morgan fingerprint density at radius 2 is 2.00 bits per heavy atom. The first-order valence-electron chi connectivity index (χ1n) is 4.28. The summed E-state index contributed by atoms with van der Waals surface area (Å²) in [6.07, 6.45) is 0. The van der Waals surface area contributed by atoms with Crippen LogP contribution < -0.4 is 5.01 Å². The van der Waals surface area contributed by atoms with Gasteiger partial charge < -0.3 is 0 Å². The van der Waals surface area contributed by atoms with Gasteiger partial charge in [-0.05, 0) is 19.1 Å². The molecular formula is C10H9BrN2O. The molecule has 1 aromatic carbocycles. The highest BCUT2D eigenvalue weighted by atomic mass is 79.9. The average molecular weight is 253 g/mol. The zero-order chi connectivity index (χ0) is 10.1. The van der Waals surface area contributed by atoms with Crippen LogP contribution in [-0.2, 0) is 4.79 Å². The largest absolute Gasteiger partial charge is 0.271 e. The van der Waals surface area contributed by atoms with Gasteiger partial charge in [0.05, 0.1) is 11.4 Å². The van der Waals surface area contributed by atoms with Crippen molar-refractivity contribution in [1.82, 2.24) is 0 Å². The number of benzene rings is 1. The standard InChI is InChI=1S/C10H9BrN2O/c1-7-9(11)10(14)13(12-7)8-5-3-2-4-6-8/h2-6,9H,1H3/t9-/m1/s1. The summed E-state index contributed by atoms with van der Waals surface area (Å²) in [6.45, 7) is 1.83. The quantitative estimate of drug-likeness (QED) is 0.706. The molecule has 0 bridgehead atoms. The normalized spacial score (nSPS) is 21.3. The molecule has 0 radical (unpaired) electrons. The SMILES string of the molecule is CC1=NN(c2ccccc2)C(=O)[C@@H]1Br. The molecule has 0 fully saturated rings. The number of hydrogen-bond acceptors (Lipinski definition) is 2. The van der Waals surface area contributed by atoms with Gasteiger partial charge in [0, 0.05) is 0 Å². The zero-order valence-electron chi connectivity index (χ0n) is 7.64. The fourth-order valence-corrected chi connectivity index (χ4v) is 1.58. The van der Waals surface area contributed by atoms with E-state index in [1.807, 2.05) is 37.3 Å². The van der Waals surface area contributed by atoms with Gasteiger partial charge in [0.15, 0.2) is 0 Å². The van der Waals surface area contributed by atoms with Crippen molar-refractivity contribution in [3.05, 3.63) is 30.3 Å². The third-order valence-electron chi connectivity index (χ3n) is 2.05. The van der Waals surface area contributed by atoms with Crippen molar-refractivity contribution in [3.63, 3.8) is 0 Å². The summed E-state index contributed by atoms with van der Waals surface area (Å²) in [4.78, 5) is 11.4. The van der Waals surface area contributed by atoms with Crippen LogP contribution in [0.2, 0.25) is 0 Å². The first-order chi connectivity index (χ1) is 6.70. The van der Waals surface area contributed by atoms with Gasteiger partial charge in [-0.1, -0.05) is 34.1 Å². The number of amides is 1. The van der Waals surface area contributed by atoms with Crippen molar-refractivity contribution < 1.29 is 4.79 Å². The molecule has 1 heterocycles. The molecule has 2 rings (SSSR count). The van der Waals surface area contributed by atoms with Crippen LogP contribution in [0.25, 0.3) is 0 Å². The van der Waals surface area contributed by atoms with E-state index in [9.17, 15) is 4.79 Å². The summed E-state index contributed by atoms with van der Waals surface area (Å²) in [5, 5.41) is 5.60. The van der Waals surface area contributed by atoms with E-state index >= 15 is 0 Å². The minimum atomic E-state index is -0.275. The molecule has 1 atom stereocenters. The molecule has 3 nitrogen and oxygen atoms in total. The number of nitrogens with zero attached hydrogens (tertiary/aromatic N) is 2. The van der Waals surface area contributed by atoms with Gasteiger partial charge in [0.2, 0.25) is 0 Å². The lowest BCUT2D eigenvalue weighted by Crippen LogP contribution is -2.26. The monoisotopic (exact) mass is 252 g/mol. The Balaban J connectivity index is 2.35. The number of para-hydroxylation sites is 1. The number of hydrazone groups is 1. The van der Waals surface area contributed by atoms with Crippen molar-refractivity contribution in [1.29, 1.82) is 0 Å². The maximum absolute atomic E-state index is 11.7. The second kappa shape index (κ2) is 3.53. The van der Waals surface area contributed by atoms with Gasteiger partial charge in [-0.25, -0.2) is 0 Å². The Kier molecular flexibility index (Phi) is 2.37. The lowest BCUT2D eigenvalue weighted by Gasteiger charge is -2.11. The fraction of sp³-hybridized carbons (Fsp3) is 0.200. The van der Waals surface area contributed by atoms with Crippen LogP contribution >= 0.6 is 15.9 Å². The second-order valence-electron chi connectivity index (χ2n) is 3.09. The molecule has 1 aromatic rings. The molecule has 0 unspecified atom stereocenters. The first-order valence-corrected chi connectivity index (χ1v) is 5.20. The third-order valence-corrected chi connectivity index (χ3v) is 3.11. The number of anilines is 1. The number of halogens is 1. The molecule has 1 amide bonds. The fourth-order valence-electron chi connectivity index (χ4n) is 1.30. The molecule has 72 valence electrons. The van der Waals surface area contributed by atoms with Gasteiger partial charge in [-0.2, -0.15) is 10.1 Å². The van der Waals surface area contributed by atoms with E-state index in [0.717, 1.165) is 11.4 Å². The number of carbonyl (C=O) groups excluding carboxylic acids is 1. The highest BCUT2D eigenvalue weighted by molar-refractivity contribution is 9.10. The predicted octanol–water partition coefficient (Wildman–Crippen LogP) is 2.17. The lowest BCUT2D eigenvalue weighted by atomic mass is 10.3. The molecule has 0 spiro atoms. The molecule has 0 saturated heterocycles. The van der Waals surface area contributed by atoms with Crippen molar-refractivity contribution in [2.75, 3.05) is 5.01 Å². The van der Waals surface area contributed by atoms with E-state index in [4.69, 9.17) is 0 Å². The van der Waals surface area contributed by atoms with E-state index < -0.39 is 0 Å². The topological polar surface area (TPSA) is 32.7 Å².